The lowest BCUT2D eigenvalue weighted by Crippen LogP contribution is -2.22. The molecular formula is C17H30N2O. The van der Waals surface area contributed by atoms with Crippen molar-refractivity contribution in [3.05, 3.63) is 24.0 Å². The van der Waals surface area contributed by atoms with Gasteiger partial charge in [0.1, 0.15) is 5.75 Å². The minimum atomic E-state index is 0.469. The second kappa shape index (κ2) is 9.76. The van der Waals surface area contributed by atoms with Crippen molar-refractivity contribution >= 4 is 0 Å². The van der Waals surface area contributed by atoms with Crippen LogP contribution in [0.1, 0.15) is 58.9 Å². The lowest BCUT2D eigenvalue weighted by atomic mass is 10.0. The summed E-state index contributed by atoms with van der Waals surface area (Å²) in [4.78, 5) is 4.20. The summed E-state index contributed by atoms with van der Waals surface area (Å²) in [6, 6.07) is 2.44. The fraction of sp³-hybridized carbons (Fsp3) is 0.706. The van der Waals surface area contributed by atoms with Crippen molar-refractivity contribution in [2.75, 3.05) is 6.61 Å². The van der Waals surface area contributed by atoms with Gasteiger partial charge < -0.3 is 10.1 Å². The summed E-state index contributed by atoms with van der Waals surface area (Å²) in [6.07, 6.45) is 8.70. The Balaban J connectivity index is 2.53. The van der Waals surface area contributed by atoms with Crippen molar-refractivity contribution in [2.24, 2.45) is 5.92 Å². The minimum absolute atomic E-state index is 0.469. The molecule has 0 amide bonds. The molecule has 0 aliphatic rings. The number of rotatable bonds is 10. The molecule has 1 heterocycles. The van der Waals surface area contributed by atoms with Crippen molar-refractivity contribution in [3.63, 3.8) is 0 Å². The minimum Gasteiger partial charge on any atom is -0.493 e. The predicted octanol–water partition coefficient (Wildman–Crippen LogP) is 4.17. The SMILES string of the molecule is CCCCC(CC)COc1ccncc1CNC(C)C. The van der Waals surface area contributed by atoms with Gasteiger partial charge in [0.25, 0.3) is 0 Å². The Morgan fingerprint density at radius 3 is 2.75 bits per heavy atom. The molecule has 1 rings (SSSR count). The Morgan fingerprint density at radius 2 is 2.10 bits per heavy atom. The van der Waals surface area contributed by atoms with Crippen LogP contribution in [0.15, 0.2) is 18.5 Å². The number of nitrogens with one attached hydrogen (secondary N) is 1. The lowest BCUT2D eigenvalue weighted by molar-refractivity contribution is 0.231. The predicted molar refractivity (Wildman–Crippen MR) is 85.0 cm³/mol. The molecule has 3 nitrogen and oxygen atoms in total. The van der Waals surface area contributed by atoms with Gasteiger partial charge in [0, 0.05) is 30.5 Å². The fourth-order valence-corrected chi connectivity index (χ4v) is 2.11. The van der Waals surface area contributed by atoms with E-state index in [1.54, 1.807) is 6.20 Å². The van der Waals surface area contributed by atoms with E-state index in [1.165, 1.54) is 25.7 Å². The molecular weight excluding hydrogens is 248 g/mol. The molecule has 1 aromatic rings. The van der Waals surface area contributed by atoms with Crippen LogP contribution >= 0.6 is 0 Å². The molecule has 0 radical (unpaired) electrons. The smallest absolute Gasteiger partial charge is 0.126 e. The largest absolute Gasteiger partial charge is 0.493 e. The highest BCUT2D eigenvalue weighted by atomic mass is 16.5. The molecule has 0 saturated carbocycles. The van der Waals surface area contributed by atoms with Gasteiger partial charge in [0.2, 0.25) is 0 Å². The number of ether oxygens (including phenoxy) is 1. The van der Waals surface area contributed by atoms with E-state index < -0.39 is 0 Å². The molecule has 0 spiro atoms. The maximum Gasteiger partial charge on any atom is 0.126 e. The van der Waals surface area contributed by atoms with Gasteiger partial charge in [0.05, 0.1) is 6.61 Å². The molecule has 1 N–H and O–H groups in total. The van der Waals surface area contributed by atoms with E-state index in [1.807, 2.05) is 12.3 Å². The van der Waals surface area contributed by atoms with E-state index >= 15 is 0 Å². The van der Waals surface area contributed by atoms with Gasteiger partial charge in [-0.05, 0) is 18.4 Å². The van der Waals surface area contributed by atoms with Crippen LogP contribution in [0, 0.1) is 5.92 Å². The summed E-state index contributed by atoms with van der Waals surface area (Å²) in [5.41, 5.74) is 1.14. The standard InChI is InChI=1S/C17H30N2O/c1-5-7-8-15(6-2)13-20-17-9-10-18-11-16(17)12-19-14(3)4/h9-11,14-15,19H,5-8,12-13H2,1-4H3. The first-order chi connectivity index (χ1) is 9.67. The van der Waals surface area contributed by atoms with E-state index in [4.69, 9.17) is 4.74 Å². The molecule has 1 atom stereocenters. The fourth-order valence-electron chi connectivity index (χ4n) is 2.11. The topological polar surface area (TPSA) is 34.1 Å². The van der Waals surface area contributed by atoms with Crippen LogP contribution in [0.2, 0.25) is 0 Å². The number of pyridine rings is 1. The van der Waals surface area contributed by atoms with Gasteiger partial charge >= 0.3 is 0 Å². The van der Waals surface area contributed by atoms with Crippen molar-refractivity contribution < 1.29 is 4.74 Å². The zero-order chi connectivity index (χ0) is 14.8. The van der Waals surface area contributed by atoms with Crippen molar-refractivity contribution in [1.29, 1.82) is 0 Å². The molecule has 1 unspecified atom stereocenters. The average molecular weight is 278 g/mol. The van der Waals surface area contributed by atoms with Crippen molar-refractivity contribution in [3.8, 4) is 5.75 Å². The van der Waals surface area contributed by atoms with Crippen LogP contribution < -0.4 is 10.1 Å². The molecule has 3 heteroatoms. The third-order valence-corrected chi connectivity index (χ3v) is 3.58. The van der Waals surface area contributed by atoms with Crippen molar-refractivity contribution in [2.45, 2.75) is 66.0 Å². The van der Waals surface area contributed by atoms with E-state index in [-0.39, 0.29) is 0 Å². The molecule has 114 valence electrons. The van der Waals surface area contributed by atoms with Crippen LogP contribution in [0.4, 0.5) is 0 Å². The van der Waals surface area contributed by atoms with Crippen LogP contribution in [0.25, 0.3) is 0 Å². The van der Waals surface area contributed by atoms with Gasteiger partial charge in [-0.1, -0.05) is 47.0 Å². The number of nitrogens with zero attached hydrogens (tertiary/aromatic N) is 1. The Morgan fingerprint density at radius 1 is 1.30 bits per heavy atom. The van der Waals surface area contributed by atoms with Gasteiger partial charge in [-0.2, -0.15) is 0 Å². The maximum absolute atomic E-state index is 6.04. The normalized spacial score (nSPS) is 12.7. The molecule has 0 aliphatic heterocycles. The summed E-state index contributed by atoms with van der Waals surface area (Å²) in [5.74, 6) is 1.64. The molecule has 0 aromatic carbocycles. The van der Waals surface area contributed by atoms with Crippen molar-refractivity contribution in [1.82, 2.24) is 10.3 Å². The summed E-state index contributed by atoms with van der Waals surface area (Å²) in [6.45, 7) is 10.4. The first kappa shape index (κ1) is 17.0. The van der Waals surface area contributed by atoms with Gasteiger partial charge in [-0.25, -0.2) is 0 Å². The molecule has 20 heavy (non-hydrogen) atoms. The second-order valence-corrected chi connectivity index (χ2v) is 5.75. The van der Waals surface area contributed by atoms with Crippen LogP contribution in [0.3, 0.4) is 0 Å². The van der Waals surface area contributed by atoms with E-state index in [0.717, 1.165) is 24.5 Å². The maximum atomic E-state index is 6.04. The summed E-state index contributed by atoms with van der Waals surface area (Å²) in [5, 5.41) is 3.42. The number of unbranched alkanes of at least 4 members (excludes halogenated alkanes) is 1. The van der Waals surface area contributed by atoms with Gasteiger partial charge in [0.15, 0.2) is 0 Å². The molecule has 0 fully saturated rings. The Bertz CT molecular complexity index is 366. The Labute approximate surface area is 124 Å². The highest BCUT2D eigenvalue weighted by Gasteiger charge is 2.09. The van der Waals surface area contributed by atoms with Crippen LogP contribution in [-0.2, 0) is 6.54 Å². The highest BCUT2D eigenvalue weighted by molar-refractivity contribution is 5.29. The third kappa shape index (κ3) is 6.38. The molecule has 0 saturated heterocycles. The zero-order valence-electron chi connectivity index (χ0n) is 13.5. The van der Waals surface area contributed by atoms with E-state index in [9.17, 15) is 0 Å². The molecule has 0 aliphatic carbocycles. The quantitative estimate of drug-likeness (QED) is 0.697. The number of aromatic nitrogens is 1. The summed E-state index contributed by atoms with van der Waals surface area (Å²) < 4.78 is 6.04. The van der Waals surface area contributed by atoms with E-state index in [0.29, 0.717) is 12.0 Å². The molecule has 0 bridgehead atoms. The first-order valence-electron chi connectivity index (χ1n) is 7.96. The number of hydrogen-bond acceptors (Lipinski definition) is 3. The van der Waals surface area contributed by atoms with E-state index in [2.05, 4.69) is 38.0 Å². The Kier molecular flexibility index (Phi) is 8.28. The third-order valence-electron chi connectivity index (χ3n) is 3.58. The molecule has 1 aromatic heterocycles. The summed E-state index contributed by atoms with van der Waals surface area (Å²) >= 11 is 0. The number of hydrogen-bond donors (Lipinski definition) is 1. The summed E-state index contributed by atoms with van der Waals surface area (Å²) in [7, 11) is 0. The lowest BCUT2D eigenvalue weighted by Gasteiger charge is -2.18. The first-order valence-corrected chi connectivity index (χ1v) is 7.96. The van der Waals surface area contributed by atoms with Crippen LogP contribution in [0.5, 0.6) is 5.75 Å². The average Bonchev–Trinajstić information content (AvgIpc) is 2.46. The van der Waals surface area contributed by atoms with Crippen LogP contribution in [-0.4, -0.2) is 17.6 Å². The highest BCUT2D eigenvalue weighted by Crippen LogP contribution is 2.20. The van der Waals surface area contributed by atoms with Gasteiger partial charge in [-0.15, -0.1) is 0 Å². The Hall–Kier alpha value is -1.09. The zero-order valence-corrected chi connectivity index (χ0v) is 13.5. The van der Waals surface area contributed by atoms with Gasteiger partial charge in [-0.3, -0.25) is 4.98 Å². The monoisotopic (exact) mass is 278 g/mol. The second-order valence-electron chi connectivity index (χ2n) is 5.75.